The number of anilines is 1. The van der Waals surface area contributed by atoms with E-state index in [1.54, 1.807) is 55.5 Å². The zero-order chi connectivity index (χ0) is 32.4. The minimum atomic E-state index is -4.33. The number of methoxy groups -OCH3 is 2. The van der Waals surface area contributed by atoms with Gasteiger partial charge < -0.3 is 24.4 Å². The fraction of sp³-hybridized carbons (Fsp3) is 0.375. The quantitative estimate of drug-likeness (QED) is 0.243. The number of ether oxygens (including phenoxy) is 3. The van der Waals surface area contributed by atoms with E-state index in [-0.39, 0.29) is 34.7 Å². The number of carbonyl (C=O) groups is 2. The Balaban J connectivity index is 2.08. The SMILES string of the molecule is CCOc1ccc(N(CC(=O)N(Cc2ccccc2Cl)[C@@H](C)C(=O)NCC(C)C)S(=O)(=O)c2ccc(OC)c(OC)c2)cc1. The van der Waals surface area contributed by atoms with Crippen molar-refractivity contribution in [2.45, 2.75) is 45.2 Å². The first-order valence-electron chi connectivity index (χ1n) is 14.2. The van der Waals surface area contributed by atoms with Crippen LogP contribution in [-0.2, 0) is 26.2 Å². The molecule has 238 valence electrons. The van der Waals surface area contributed by atoms with Crippen LogP contribution >= 0.6 is 11.6 Å². The van der Waals surface area contributed by atoms with Gasteiger partial charge in [-0.25, -0.2) is 8.42 Å². The lowest BCUT2D eigenvalue weighted by Crippen LogP contribution is -2.51. The molecule has 3 aromatic rings. The van der Waals surface area contributed by atoms with Gasteiger partial charge in [0.1, 0.15) is 18.3 Å². The summed E-state index contributed by atoms with van der Waals surface area (Å²) in [6.07, 6.45) is 0. The van der Waals surface area contributed by atoms with Gasteiger partial charge in [0.2, 0.25) is 11.8 Å². The predicted octanol–water partition coefficient (Wildman–Crippen LogP) is 5.14. The summed E-state index contributed by atoms with van der Waals surface area (Å²) >= 11 is 6.43. The molecule has 0 aliphatic rings. The third-order valence-electron chi connectivity index (χ3n) is 6.81. The van der Waals surface area contributed by atoms with Gasteiger partial charge in [0, 0.05) is 24.2 Å². The second-order valence-electron chi connectivity index (χ2n) is 10.4. The Morgan fingerprint density at radius 2 is 1.59 bits per heavy atom. The maximum Gasteiger partial charge on any atom is 0.264 e. The van der Waals surface area contributed by atoms with Gasteiger partial charge in [0.05, 0.1) is 31.4 Å². The molecule has 0 saturated heterocycles. The summed E-state index contributed by atoms with van der Waals surface area (Å²) in [7, 11) is -1.48. The van der Waals surface area contributed by atoms with Gasteiger partial charge in [-0.1, -0.05) is 43.6 Å². The molecule has 0 saturated carbocycles. The van der Waals surface area contributed by atoms with E-state index < -0.39 is 28.5 Å². The first-order valence-corrected chi connectivity index (χ1v) is 16.0. The van der Waals surface area contributed by atoms with Gasteiger partial charge in [-0.05, 0) is 67.8 Å². The van der Waals surface area contributed by atoms with Crippen molar-refractivity contribution in [1.29, 1.82) is 0 Å². The average Bonchev–Trinajstić information content (AvgIpc) is 3.01. The van der Waals surface area contributed by atoms with E-state index in [1.807, 2.05) is 20.8 Å². The second kappa shape index (κ2) is 15.7. The molecule has 2 amide bonds. The van der Waals surface area contributed by atoms with Crippen molar-refractivity contribution in [2.75, 3.05) is 38.2 Å². The van der Waals surface area contributed by atoms with Crippen LogP contribution in [0.2, 0.25) is 5.02 Å². The summed E-state index contributed by atoms with van der Waals surface area (Å²) in [4.78, 5) is 28.5. The van der Waals surface area contributed by atoms with E-state index in [4.69, 9.17) is 25.8 Å². The van der Waals surface area contributed by atoms with E-state index in [1.165, 1.54) is 37.3 Å². The Kier molecular flexibility index (Phi) is 12.3. The number of benzene rings is 3. The van der Waals surface area contributed by atoms with Crippen molar-refractivity contribution in [3.05, 3.63) is 77.3 Å². The summed E-state index contributed by atoms with van der Waals surface area (Å²) in [5.74, 6) is 0.330. The van der Waals surface area contributed by atoms with Gasteiger partial charge >= 0.3 is 0 Å². The lowest BCUT2D eigenvalue weighted by Gasteiger charge is -2.32. The molecule has 0 aromatic heterocycles. The van der Waals surface area contributed by atoms with Crippen molar-refractivity contribution < 1.29 is 32.2 Å². The summed E-state index contributed by atoms with van der Waals surface area (Å²) in [6.45, 7) is 7.61. The summed E-state index contributed by atoms with van der Waals surface area (Å²) in [5.41, 5.74) is 0.840. The predicted molar refractivity (Wildman–Crippen MR) is 171 cm³/mol. The maximum absolute atomic E-state index is 14.2. The molecular formula is C32H40ClN3O7S. The fourth-order valence-electron chi connectivity index (χ4n) is 4.35. The smallest absolute Gasteiger partial charge is 0.264 e. The van der Waals surface area contributed by atoms with Crippen molar-refractivity contribution in [2.24, 2.45) is 5.92 Å². The minimum Gasteiger partial charge on any atom is -0.494 e. The van der Waals surface area contributed by atoms with E-state index >= 15 is 0 Å². The minimum absolute atomic E-state index is 0.0116. The molecule has 0 radical (unpaired) electrons. The number of carbonyl (C=O) groups excluding carboxylic acids is 2. The number of rotatable bonds is 15. The zero-order valence-corrected chi connectivity index (χ0v) is 27.4. The van der Waals surface area contributed by atoms with Crippen LogP contribution < -0.4 is 23.8 Å². The number of sulfonamides is 1. The van der Waals surface area contributed by atoms with Crippen molar-refractivity contribution in [3.63, 3.8) is 0 Å². The van der Waals surface area contributed by atoms with Crippen LogP contribution in [0.25, 0.3) is 0 Å². The Morgan fingerprint density at radius 1 is 0.932 bits per heavy atom. The van der Waals surface area contributed by atoms with E-state index in [0.29, 0.717) is 35.2 Å². The molecular weight excluding hydrogens is 606 g/mol. The topological polar surface area (TPSA) is 114 Å². The lowest BCUT2D eigenvalue weighted by atomic mass is 10.1. The molecule has 1 atom stereocenters. The van der Waals surface area contributed by atoms with Crippen LogP contribution in [0.4, 0.5) is 5.69 Å². The lowest BCUT2D eigenvalue weighted by molar-refractivity contribution is -0.139. The fourth-order valence-corrected chi connectivity index (χ4v) is 5.98. The molecule has 0 aliphatic carbocycles. The van der Waals surface area contributed by atoms with Crippen molar-refractivity contribution in [3.8, 4) is 17.2 Å². The highest BCUT2D eigenvalue weighted by molar-refractivity contribution is 7.92. The first kappa shape index (κ1) is 34.5. The van der Waals surface area contributed by atoms with Crippen molar-refractivity contribution >= 4 is 39.1 Å². The second-order valence-corrected chi connectivity index (χ2v) is 12.7. The highest BCUT2D eigenvalue weighted by Crippen LogP contribution is 2.33. The standard InChI is InChI=1S/C32H40ClN3O7S/c1-7-43-26-14-12-25(13-15-26)36(44(39,40)27-16-17-29(41-5)30(18-27)42-6)21-31(37)35(20-24-10-8-9-11-28(24)33)23(4)32(38)34-19-22(2)3/h8-18,22-23H,7,19-21H2,1-6H3,(H,34,38)/t23-/m0/s1. The third kappa shape index (κ3) is 8.57. The summed E-state index contributed by atoms with van der Waals surface area (Å²) in [5, 5.41) is 3.28. The number of nitrogens with one attached hydrogen (secondary N) is 1. The zero-order valence-electron chi connectivity index (χ0n) is 25.9. The van der Waals surface area contributed by atoms with Gasteiger partial charge in [-0.15, -0.1) is 0 Å². The molecule has 12 heteroatoms. The van der Waals surface area contributed by atoms with Gasteiger partial charge in [0.25, 0.3) is 10.0 Å². The normalized spacial score (nSPS) is 11.9. The van der Waals surface area contributed by atoms with Crippen LogP contribution in [0.1, 0.15) is 33.3 Å². The molecule has 0 aliphatic heterocycles. The molecule has 0 bridgehead atoms. The number of amides is 2. The first-order chi connectivity index (χ1) is 20.9. The third-order valence-corrected chi connectivity index (χ3v) is 8.95. The molecule has 1 N–H and O–H groups in total. The molecule has 3 rings (SSSR count). The summed E-state index contributed by atoms with van der Waals surface area (Å²) < 4.78 is 45.5. The van der Waals surface area contributed by atoms with E-state index in [2.05, 4.69) is 5.32 Å². The Bertz CT molecular complexity index is 1530. The van der Waals surface area contributed by atoms with Crippen LogP contribution in [0.5, 0.6) is 17.2 Å². The largest absolute Gasteiger partial charge is 0.494 e. The molecule has 0 unspecified atom stereocenters. The van der Waals surface area contributed by atoms with Crippen LogP contribution in [-0.4, -0.2) is 65.1 Å². The Labute approximate surface area is 264 Å². The van der Waals surface area contributed by atoms with Gasteiger partial charge in [-0.2, -0.15) is 0 Å². The molecule has 44 heavy (non-hydrogen) atoms. The van der Waals surface area contributed by atoms with Gasteiger partial charge in [-0.3, -0.25) is 13.9 Å². The maximum atomic E-state index is 14.2. The summed E-state index contributed by atoms with van der Waals surface area (Å²) in [6, 6.07) is 16.6. The molecule has 3 aromatic carbocycles. The Morgan fingerprint density at radius 3 is 2.18 bits per heavy atom. The highest BCUT2D eigenvalue weighted by atomic mass is 35.5. The molecule has 10 nitrogen and oxygen atoms in total. The number of halogens is 1. The molecule has 0 heterocycles. The van der Waals surface area contributed by atoms with Crippen molar-refractivity contribution in [1.82, 2.24) is 10.2 Å². The monoisotopic (exact) mass is 645 g/mol. The van der Waals surface area contributed by atoms with E-state index in [0.717, 1.165) is 4.31 Å². The number of hydrogen-bond donors (Lipinski definition) is 1. The van der Waals surface area contributed by atoms with Gasteiger partial charge in [0.15, 0.2) is 11.5 Å². The van der Waals surface area contributed by atoms with E-state index in [9.17, 15) is 18.0 Å². The number of hydrogen-bond acceptors (Lipinski definition) is 7. The molecule has 0 fully saturated rings. The number of nitrogens with zero attached hydrogens (tertiary/aromatic N) is 2. The van der Waals surface area contributed by atoms with Crippen LogP contribution in [0.3, 0.4) is 0 Å². The van der Waals surface area contributed by atoms with Crippen LogP contribution in [0, 0.1) is 5.92 Å². The molecule has 0 spiro atoms. The average molecular weight is 646 g/mol. The Hall–Kier alpha value is -3.96. The highest BCUT2D eigenvalue weighted by Gasteiger charge is 2.33. The van der Waals surface area contributed by atoms with Crippen LogP contribution in [0.15, 0.2) is 71.6 Å².